The molecule has 4 rings (SSSR count). The van der Waals surface area contributed by atoms with Crippen LogP contribution < -0.4 is 5.32 Å². The maximum atomic E-state index is 13.3. The largest absolute Gasteiger partial charge is 0.378 e. The number of carbonyl (C=O) groups is 3. The number of ketones is 1. The van der Waals surface area contributed by atoms with Gasteiger partial charge in [-0.15, -0.1) is 0 Å². The van der Waals surface area contributed by atoms with Gasteiger partial charge in [-0.2, -0.15) is 0 Å². The Labute approximate surface area is 163 Å². The van der Waals surface area contributed by atoms with Crippen molar-refractivity contribution in [3.8, 4) is 0 Å². The number of morpholine rings is 1. The number of urea groups is 1. The van der Waals surface area contributed by atoms with Crippen molar-refractivity contribution >= 4 is 17.7 Å². The number of likely N-dealkylation sites (tertiary alicyclic amines) is 1. The van der Waals surface area contributed by atoms with Crippen LogP contribution in [0.25, 0.3) is 0 Å². The van der Waals surface area contributed by atoms with Crippen LogP contribution in [0.3, 0.4) is 0 Å². The smallest absolute Gasteiger partial charge is 0.318 e. The van der Waals surface area contributed by atoms with Crippen molar-refractivity contribution in [3.63, 3.8) is 0 Å². The highest BCUT2D eigenvalue weighted by molar-refractivity contribution is 5.95. The van der Waals surface area contributed by atoms with Crippen molar-refractivity contribution in [1.82, 2.24) is 15.1 Å². The van der Waals surface area contributed by atoms with Crippen LogP contribution in [-0.4, -0.2) is 85.2 Å². The Bertz CT molecular complexity index is 735. The van der Waals surface area contributed by atoms with E-state index in [4.69, 9.17) is 9.47 Å². The van der Waals surface area contributed by atoms with Gasteiger partial charge < -0.3 is 24.6 Å². The first kappa shape index (κ1) is 18.9. The van der Waals surface area contributed by atoms with E-state index in [1.807, 2.05) is 30.3 Å². The lowest BCUT2D eigenvalue weighted by Crippen LogP contribution is -2.56. The van der Waals surface area contributed by atoms with Gasteiger partial charge in [0, 0.05) is 26.1 Å². The SMILES string of the molecule is O=C1CO[C@@H]2CCN(C(=O)[C@H](Cc3ccccc3)NC(=O)N3CCOCC3)[C@H]12. The molecule has 1 N–H and O–H groups in total. The molecule has 8 nitrogen and oxygen atoms in total. The summed E-state index contributed by atoms with van der Waals surface area (Å²) in [6, 6.07) is 8.04. The second-order valence-corrected chi connectivity index (χ2v) is 7.37. The summed E-state index contributed by atoms with van der Waals surface area (Å²) in [4.78, 5) is 41.5. The second kappa shape index (κ2) is 8.28. The molecule has 3 heterocycles. The fourth-order valence-corrected chi connectivity index (χ4v) is 4.10. The minimum absolute atomic E-state index is 0.0581. The Balaban J connectivity index is 1.51. The number of carbonyl (C=O) groups excluding carboxylic acids is 3. The molecule has 0 radical (unpaired) electrons. The third kappa shape index (κ3) is 3.88. The molecule has 0 unspecified atom stereocenters. The molecule has 3 fully saturated rings. The Morgan fingerprint density at radius 1 is 1.14 bits per heavy atom. The number of amides is 3. The van der Waals surface area contributed by atoms with Gasteiger partial charge in [-0.3, -0.25) is 9.59 Å². The summed E-state index contributed by atoms with van der Waals surface area (Å²) in [5, 5.41) is 2.89. The summed E-state index contributed by atoms with van der Waals surface area (Å²) >= 11 is 0. The van der Waals surface area contributed by atoms with Crippen LogP contribution in [-0.2, 0) is 25.5 Å². The average molecular weight is 387 g/mol. The molecule has 0 aliphatic carbocycles. The van der Waals surface area contributed by atoms with Gasteiger partial charge in [-0.1, -0.05) is 30.3 Å². The third-order valence-corrected chi connectivity index (χ3v) is 5.57. The summed E-state index contributed by atoms with van der Waals surface area (Å²) in [6.07, 6.45) is 0.805. The van der Waals surface area contributed by atoms with Crippen molar-refractivity contribution in [2.75, 3.05) is 39.5 Å². The molecular weight excluding hydrogens is 362 g/mol. The quantitative estimate of drug-likeness (QED) is 0.798. The maximum absolute atomic E-state index is 13.3. The number of hydrogen-bond acceptors (Lipinski definition) is 5. The molecule has 150 valence electrons. The van der Waals surface area contributed by atoms with Crippen molar-refractivity contribution in [2.45, 2.75) is 31.0 Å². The molecule has 3 amide bonds. The number of fused-ring (bicyclic) bond motifs is 1. The summed E-state index contributed by atoms with van der Waals surface area (Å²) in [6.45, 7) is 2.51. The van der Waals surface area contributed by atoms with Crippen molar-refractivity contribution in [1.29, 1.82) is 0 Å². The topological polar surface area (TPSA) is 88.2 Å². The summed E-state index contributed by atoms with van der Waals surface area (Å²) < 4.78 is 10.8. The molecule has 28 heavy (non-hydrogen) atoms. The van der Waals surface area contributed by atoms with Crippen LogP contribution in [0.4, 0.5) is 4.79 Å². The van der Waals surface area contributed by atoms with E-state index in [9.17, 15) is 14.4 Å². The number of hydrogen-bond donors (Lipinski definition) is 1. The molecule has 1 aromatic rings. The van der Waals surface area contributed by atoms with Crippen LogP contribution in [0.15, 0.2) is 30.3 Å². The molecule has 1 aromatic carbocycles. The van der Waals surface area contributed by atoms with E-state index in [-0.39, 0.29) is 30.4 Å². The summed E-state index contributed by atoms with van der Waals surface area (Å²) in [5.74, 6) is -0.286. The van der Waals surface area contributed by atoms with E-state index < -0.39 is 12.1 Å². The Morgan fingerprint density at radius 3 is 2.64 bits per heavy atom. The lowest BCUT2D eigenvalue weighted by atomic mass is 10.0. The number of rotatable bonds is 4. The number of benzene rings is 1. The Kier molecular flexibility index (Phi) is 5.59. The highest BCUT2D eigenvalue weighted by Gasteiger charge is 2.48. The molecule has 0 spiro atoms. The van der Waals surface area contributed by atoms with E-state index >= 15 is 0 Å². The zero-order valence-electron chi connectivity index (χ0n) is 15.7. The van der Waals surface area contributed by atoms with E-state index in [1.54, 1.807) is 9.80 Å². The van der Waals surface area contributed by atoms with Gasteiger partial charge in [0.2, 0.25) is 5.91 Å². The molecule has 0 bridgehead atoms. The van der Waals surface area contributed by atoms with Crippen LogP contribution in [0, 0.1) is 0 Å². The normalized spacial score (nSPS) is 25.5. The molecule has 0 saturated carbocycles. The maximum Gasteiger partial charge on any atom is 0.318 e. The first-order valence-electron chi connectivity index (χ1n) is 9.75. The lowest BCUT2D eigenvalue weighted by molar-refractivity contribution is -0.138. The predicted octanol–water partition coefficient (Wildman–Crippen LogP) is 0.208. The third-order valence-electron chi connectivity index (χ3n) is 5.57. The summed E-state index contributed by atoms with van der Waals surface area (Å²) in [5.41, 5.74) is 0.952. The molecule has 3 saturated heterocycles. The highest BCUT2D eigenvalue weighted by Crippen LogP contribution is 2.27. The van der Waals surface area contributed by atoms with Gasteiger partial charge >= 0.3 is 6.03 Å². The zero-order chi connectivity index (χ0) is 19.5. The molecule has 3 atom stereocenters. The Hall–Kier alpha value is -2.45. The van der Waals surface area contributed by atoms with E-state index in [1.165, 1.54) is 0 Å². The minimum atomic E-state index is -0.732. The van der Waals surface area contributed by atoms with Crippen LogP contribution in [0.5, 0.6) is 0 Å². The van der Waals surface area contributed by atoms with Crippen LogP contribution >= 0.6 is 0 Å². The van der Waals surface area contributed by atoms with Gasteiger partial charge in [0.1, 0.15) is 18.7 Å². The van der Waals surface area contributed by atoms with Gasteiger partial charge in [0.25, 0.3) is 0 Å². The zero-order valence-corrected chi connectivity index (χ0v) is 15.7. The van der Waals surface area contributed by atoms with E-state index in [2.05, 4.69) is 5.32 Å². The molecule has 8 heteroatoms. The molecule has 3 aliphatic rings. The van der Waals surface area contributed by atoms with Gasteiger partial charge in [-0.05, 0) is 12.0 Å². The first-order valence-corrected chi connectivity index (χ1v) is 9.75. The molecule has 0 aromatic heterocycles. The second-order valence-electron chi connectivity index (χ2n) is 7.37. The monoisotopic (exact) mass is 387 g/mol. The number of ether oxygens (including phenoxy) is 2. The van der Waals surface area contributed by atoms with Gasteiger partial charge in [0.15, 0.2) is 5.78 Å². The lowest BCUT2D eigenvalue weighted by Gasteiger charge is -2.31. The average Bonchev–Trinajstić information content (AvgIpc) is 3.31. The van der Waals surface area contributed by atoms with Crippen LogP contribution in [0.2, 0.25) is 0 Å². The van der Waals surface area contributed by atoms with Crippen LogP contribution in [0.1, 0.15) is 12.0 Å². The van der Waals surface area contributed by atoms with E-state index in [0.29, 0.717) is 45.7 Å². The number of Topliss-reactive ketones (excluding diaryl/α,β-unsaturated/α-hetero) is 1. The number of nitrogens with zero attached hydrogens (tertiary/aromatic N) is 2. The van der Waals surface area contributed by atoms with Crippen molar-refractivity contribution in [2.24, 2.45) is 0 Å². The fraction of sp³-hybridized carbons (Fsp3) is 0.550. The first-order chi connectivity index (χ1) is 13.6. The highest BCUT2D eigenvalue weighted by atomic mass is 16.5. The standard InChI is InChI=1S/C20H25N3O5/c24-16-13-28-17-6-7-23(18(16)17)19(25)15(12-14-4-2-1-3-5-14)21-20(26)22-8-10-27-11-9-22/h1-5,15,17-18H,6-13H2,(H,21,26)/t15-,17+,18+/m0/s1. The molecule has 3 aliphatic heterocycles. The minimum Gasteiger partial charge on any atom is -0.378 e. The van der Waals surface area contributed by atoms with E-state index in [0.717, 1.165) is 5.56 Å². The Morgan fingerprint density at radius 2 is 1.89 bits per heavy atom. The van der Waals surface area contributed by atoms with Crippen molar-refractivity contribution < 1.29 is 23.9 Å². The van der Waals surface area contributed by atoms with Gasteiger partial charge in [-0.25, -0.2) is 4.79 Å². The van der Waals surface area contributed by atoms with Crippen molar-refractivity contribution in [3.05, 3.63) is 35.9 Å². The molecular formula is C20H25N3O5. The predicted molar refractivity (Wildman–Crippen MR) is 99.7 cm³/mol. The van der Waals surface area contributed by atoms with Gasteiger partial charge in [0.05, 0.1) is 19.3 Å². The summed E-state index contributed by atoms with van der Waals surface area (Å²) in [7, 11) is 0. The number of nitrogens with one attached hydrogen (secondary N) is 1. The fourth-order valence-electron chi connectivity index (χ4n) is 4.10.